The Morgan fingerprint density at radius 2 is 1.62 bits per heavy atom. The second-order valence-corrected chi connectivity index (χ2v) is 10.2. The van der Waals surface area contributed by atoms with Crippen molar-refractivity contribution < 1.29 is 64.3 Å². The van der Waals surface area contributed by atoms with Gasteiger partial charge < -0.3 is 59.5 Å². The maximum absolute atomic E-state index is 13.1. The van der Waals surface area contributed by atoms with Crippen molar-refractivity contribution >= 4 is 23.0 Å². The van der Waals surface area contributed by atoms with E-state index in [9.17, 15) is 50.4 Å². The molecule has 1 aliphatic heterocycles. The topological polar surface area (TPSA) is 237 Å². The summed E-state index contributed by atoms with van der Waals surface area (Å²) in [5.74, 6) is -3.30. The van der Waals surface area contributed by atoms with Crippen molar-refractivity contribution in [1.29, 1.82) is 0 Å². The fourth-order valence-electron chi connectivity index (χ4n) is 4.92. The Labute approximate surface area is 253 Å². The van der Waals surface area contributed by atoms with Crippen LogP contribution in [-0.2, 0) is 14.3 Å². The number of aliphatic hydroxyl groups is 3. The molecule has 1 aromatic heterocycles. The summed E-state index contributed by atoms with van der Waals surface area (Å²) in [6.07, 6.45) is -6.34. The van der Waals surface area contributed by atoms with Crippen LogP contribution in [0.3, 0.4) is 0 Å². The van der Waals surface area contributed by atoms with E-state index in [2.05, 4.69) is 0 Å². The van der Waals surface area contributed by atoms with Crippen molar-refractivity contribution in [3.05, 3.63) is 76.0 Å². The molecule has 0 aliphatic carbocycles. The summed E-state index contributed by atoms with van der Waals surface area (Å²) in [4.78, 5) is 25.4. The van der Waals surface area contributed by atoms with E-state index in [4.69, 9.17) is 18.6 Å². The number of carbonyl (C=O) groups is 1. The van der Waals surface area contributed by atoms with Crippen LogP contribution in [0, 0.1) is 0 Å². The van der Waals surface area contributed by atoms with E-state index < -0.39 is 82.5 Å². The highest BCUT2D eigenvalue weighted by molar-refractivity contribution is 5.88. The maximum Gasteiger partial charge on any atom is 0.330 e. The monoisotopic (exact) mass is 624 g/mol. The van der Waals surface area contributed by atoms with Gasteiger partial charge in [-0.05, 0) is 42.0 Å². The average Bonchev–Trinajstić information content (AvgIpc) is 3.00. The third-order valence-corrected chi connectivity index (χ3v) is 7.27. The van der Waals surface area contributed by atoms with Gasteiger partial charge in [0.1, 0.15) is 65.4 Å². The molecule has 1 fully saturated rings. The molecule has 4 aromatic rings. The average molecular weight is 625 g/mol. The second-order valence-electron chi connectivity index (χ2n) is 10.2. The van der Waals surface area contributed by atoms with Crippen LogP contribution in [-0.4, -0.2) is 85.0 Å². The van der Waals surface area contributed by atoms with E-state index in [1.165, 1.54) is 37.5 Å². The highest BCUT2D eigenvalue weighted by Gasteiger charge is 2.46. The van der Waals surface area contributed by atoms with Crippen LogP contribution in [0.4, 0.5) is 0 Å². The molecule has 1 aliphatic rings. The van der Waals surface area contributed by atoms with Crippen molar-refractivity contribution in [2.45, 2.75) is 30.5 Å². The number of aromatic hydroxyl groups is 5. The molecule has 2 heterocycles. The van der Waals surface area contributed by atoms with Gasteiger partial charge in [0.25, 0.3) is 0 Å². The van der Waals surface area contributed by atoms with Crippen LogP contribution in [0.2, 0.25) is 0 Å². The zero-order chi connectivity index (χ0) is 32.6. The lowest BCUT2D eigenvalue weighted by atomic mass is 9.89. The first-order valence-electron chi connectivity index (χ1n) is 13.4. The quantitative estimate of drug-likeness (QED) is 0.0831. The molecular weight excluding hydrogens is 596 g/mol. The molecule has 0 saturated carbocycles. The van der Waals surface area contributed by atoms with E-state index in [0.717, 1.165) is 24.3 Å². The number of carbonyl (C=O) groups excluding carboxylic acids is 1. The summed E-state index contributed by atoms with van der Waals surface area (Å²) in [6.45, 7) is -0.626. The summed E-state index contributed by atoms with van der Waals surface area (Å²) in [5, 5.41) is 82.5. The predicted molar refractivity (Wildman–Crippen MR) is 155 cm³/mol. The molecule has 0 radical (unpaired) electrons. The minimum atomic E-state index is -1.91. The highest BCUT2D eigenvalue weighted by Crippen LogP contribution is 2.45. The SMILES string of the molecule is COc1ccc(/C=C/C(=O)OC[C@H]2O[C@@H](c3c(O)cc4oc(-c5ccc(O)c(O)c5)cc(=O)c4c3O)[C@H](O)[C@@H](O)[C@@H]2O)cc1O. The molecule has 3 aromatic carbocycles. The minimum absolute atomic E-state index is 0.0680. The summed E-state index contributed by atoms with van der Waals surface area (Å²) in [5.41, 5.74) is -0.926. The third kappa shape index (κ3) is 6.07. The van der Waals surface area contributed by atoms with Gasteiger partial charge in [-0.15, -0.1) is 0 Å². The van der Waals surface area contributed by atoms with Crippen LogP contribution < -0.4 is 10.2 Å². The lowest BCUT2D eigenvalue weighted by Gasteiger charge is -2.40. The normalized spacial score (nSPS) is 21.6. The van der Waals surface area contributed by atoms with E-state index >= 15 is 0 Å². The summed E-state index contributed by atoms with van der Waals surface area (Å²) < 4.78 is 21.4. The predicted octanol–water partition coefficient (Wildman–Crippen LogP) is 1.78. The third-order valence-electron chi connectivity index (χ3n) is 7.27. The number of ether oxygens (including phenoxy) is 3. The first-order valence-corrected chi connectivity index (χ1v) is 13.4. The number of aliphatic hydroxyl groups excluding tert-OH is 3. The van der Waals surface area contributed by atoms with Crippen molar-refractivity contribution in [2.24, 2.45) is 0 Å². The number of phenols is 5. The highest BCUT2D eigenvalue weighted by atomic mass is 16.6. The summed E-state index contributed by atoms with van der Waals surface area (Å²) in [6, 6.07) is 10.0. The maximum atomic E-state index is 13.1. The Morgan fingerprint density at radius 3 is 2.31 bits per heavy atom. The Morgan fingerprint density at radius 1 is 0.867 bits per heavy atom. The lowest BCUT2D eigenvalue weighted by molar-refractivity contribution is -0.234. The standard InChI is InChI=1S/C31H28O14/c1-42-20-6-2-13(8-17(20)34)3-7-24(37)43-12-23-27(38)29(40)30(41)31(45-23)26-19(36)11-22-25(28(26)39)18(35)10-21(44-22)14-4-5-15(32)16(33)9-14/h2-11,23,27,29-34,36,38-41H,12H2,1H3/b7-3+/t23-,27-,29+,30-,31+/m1/s1. The number of esters is 1. The number of phenolic OH excluding ortho intramolecular Hbond substituents is 5. The van der Waals surface area contributed by atoms with Gasteiger partial charge in [0.2, 0.25) is 0 Å². The molecule has 5 rings (SSSR count). The Balaban J connectivity index is 1.39. The number of hydrogen-bond acceptors (Lipinski definition) is 14. The smallest absolute Gasteiger partial charge is 0.330 e. The van der Waals surface area contributed by atoms with Gasteiger partial charge >= 0.3 is 5.97 Å². The molecule has 5 atom stereocenters. The number of rotatable bonds is 7. The van der Waals surface area contributed by atoms with Gasteiger partial charge in [0, 0.05) is 23.8 Å². The Hall–Kier alpha value is -5.28. The molecule has 236 valence electrons. The van der Waals surface area contributed by atoms with Gasteiger partial charge in [-0.1, -0.05) is 6.07 Å². The first-order chi connectivity index (χ1) is 21.4. The molecule has 14 nitrogen and oxygen atoms in total. The van der Waals surface area contributed by atoms with Crippen LogP contribution >= 0.6 is 0 Å². The van der Waals surface area contributed by atoms with Crippen LogP contribution in [0.1, 0.15) is 17.2 Å². The number of benzene rings is 3. The van der Waals surface area contributed by atoms with Crippen molar-refractivity contribution in [1.82, 2.24) is 0 Å². The van der Waals surface area contributed by atoms with Crippen molar-refractivity contribution in [2.75, 3.05) is 13.7 Å². The van der Waals surface area contributed by atoms with Crippen LogP contribution in [0.25, 0.3) is 28.4 Å². The Bertz CT molecular complexity index is 1840. The van der Waals surface area contributed by atoms with Crippen molar-refractivity contribution in [3.63, 3.8) is 0 Å². The van der Waals surface area contributed by atoms with Gasteiger partial charge in [-0.2, -0.15) is 0 Å². The van der Waals surface area contributed by atoms with Gasteiger partial charge in [-0.3, -0.25) is 4.79 Å². The molecule has 8 N–H and O–H groups in total. The molecule has 0 spiro atoms. The number of hydrogen-bond donors (Lipinski definition) is 8. The van der Waals surface area contributed by atoms with Crippen molar-refractivity contribution in [3.8, 4) is 45.8 Å². The fourth-order valence-corrected chi connectivity index (χ4v) is 4.92. The molecule has 1 saturated heterocycles. The van der Waals surface area contributed by atoms with E-state index in [0.29, 0.717) is 5.56 Å². The summed E-state index contributed by atoms with van der Waals surface area (Å²) in [7, 11) is 1.38. The van der Waals surface area contributed by atoms with Gasteiger partial charge in [0.05, 0.1) is 12.7 Å². The number of fused-ring (bicyclic) bond motifs is 1. The van der Waals surface area contributed by atoms with Crippen LogP contribution in [0.5, 0.6) is 34.5 Å². The van der Waals surface area contributed by atoms with E-state index in [1.807, 2.05) is 0 Å². The summed E-state index contributed by atoms with van der Waals surface area (Å²) >= 11 is 0. The molecular formula is C31H28O14. The minimum Gasteiger partial charge on any atom is -0.507 e. The number of methoxy groups -OCH3 is 1. The zero-order valence-corrected chi connectivity index (χ0v) is 23.4. The molecule has 0 amide bonds. The van der Waals surface area contributed by atoms with Gasteiger partial charge in [-0.25, -0.2) is 4.79 Å². The largest absolute Gasteiger partial charge is 0.507 e. The van der Waals surface area contributed by atoms with E-state index in [-0.39, 0.29) is 28.4 Å². The molecule has 14 heteroatoms. The molecule has 0 bridgehead atoms. The Kier molecular flexibility index (Phi) is 8.57. The lowest BCUT2D eigenvalue weighted by Crippen LogP contribution is -2.55. The second kappa shape index (κ2) is 12.4. The fraction of sp³-hybridized carbons (Fsp3) is 0.226. The molecule has 0 unspecified atom stereocenters. The zero-order valence-electron chi connectivity index (χ0n) is 23.4. The first kappa shape index (κ1) is 31.2. The molecule has 45 heavy (non-hydrogen) atoms. The van der Waals surface area contributed by atoms with Crippen LogP contribution in [0.15, 0.2) is 63.8 Å². The van der Waals surface area contributed by atoms with E-state index in [1.54, 1.807) is 6.07 Å². The van der Waals surface area contributed by atoms with Gasteiger partial charge in [0.15, 0.2) is 28.4 Å².